The molecule has 0 spiro atoms. The fourth-order valence-corrected chi connectivity index (χ4v) is 1.77. The Labute approximate surface area is 113 Å². The maximum Gasteiger partial charge on any atom is 0.435 e. The average Bonchev–Trinajstić information content (AvgIpc) is 2.38. The van der Waals surface area contributed by atoms with E-state index in [4.69, 9.17) is 5.73 Å². The molecule has 0 aliphatic rings. The highest BCUT2D eigenvalue weighted by molar-refractivity contribution is 5.50. The van der Waals surface area contributed by atoms with Crippen molar-refractivity contribution in [2.75, 3.05) is 11.1 Å². The number of nitrogens with one attached hydrogen (secondary N) is 1. The summed E-state index contributed by atoms with van der Waals surface area (Å²) in [7, 11) is 0. The SMILES string of the molecule is CC(Nc1ccc(C(F)(F)F)nn1)c1ccccc1N. The molecule has 2 rings (SSSR count). The summed E-state index contributed by atoms with van der Waals surface area (Å²) in [6, 6.07) is 9.17. The van der Waals surface area contributed by atoms with Gasteiger partial charge in [-0.15, -0.1) is 10.2 Å². The Morgan fingerprint density at radius 3 is 2.35 bits per heavy atom. The molecule has 3 N–H and O–H groups in total. The lowest BCUT2D eigenvalue weighted by molar-refractivity contribution is -0.141. The highest BCUT2D eigenvalue weighted by atomic mass is 19.4. The molecule has 0 aliphatic carbocycles. The number of nitrogens with two attached hydrogens (primary N) is 1. The Balaban J connectivity index is 2.13. The van der Waals surface area contributed by atoms with E-state index in [0.717, 1.165) is 11.6 Å². The Morgan fingerprint density at radius 2 is 1.80 bits per heavy atom. The summed E-state index contributed by atoms with van der Waals surface area (Å²) < 4.78 is 37.1. The van der Waals surface area contributed by atoms with Crippen LogP contribution in [-0.2, 0) is 6.18 Å². The smallest absolute Gasteiger partial charge is 0.398 e. The number of halogens is 3. The van der Waals surface area contributed by atoms with Crippen molar-refractivity contribution in [3.63, 3.8) is 0 Å². The van der Waals surface area contributed by atoms with Crippen LogP contribution in [0.5, 0.6) is 0 Å². The largest absolute Gasteiger partial charge is 0.435 e. The maximum atomic E-state index is 12.4. The Hall–Kier alpha value is -2.31. The van der Waals surface area contributed by atoms with Crippen molar-refractivity contribution >= 4 is 11.5 Å². The van der Waals surface area contributed by atoms with Crippen LogP contribution in [0.15, 0.2) is 36.4 Å². The number of hydrogen-bond acceptors (Lipinski definition) is 4. The molecule has 0 amide bonds. The van der Waals surface area contributed by atoms with Gasteiger partial charge in [-0.25, -0.2) is 0 Å². The van der Waals surface area contributed by atoms with E-state index >= 15 is 0 Å². The first-order chi connectivity index (χ1) is 9.38. The summed E-state index contributed by atoms with van der Waals surface area (Å²) in [5.41, 5.74) is 6.26. The molecule has 0 saturated heterocycles. The number of nitrogens with zero attached hydrogens (tertiary/aromatic N) is 2. The monoisotopic (exact) mass is 282 g/mol. The molecule has 1 aromatic carbocycles. The molecule has 0 bridgehead atoms. The van der Waals surface area contributed by atoms with Crippen LogP contribution in [0.25, 0.3) is 0 Å². The number of alkyl halides is 3. The van der Waals surface area contributed by atoms with Gasteiger partial charge in [0, 0.05) is 5.69 Å². The number of para-hydroxylation sites is 1. The third kappa shape index (κ3) is 3.17. The predicted octanol–water partition coefficient (Wildman–Crippen LogP) is 3.25. The van der Waals surface area contributed by atoms with E-state index in [1.807, 2.05) is 25.1 Å². The van der Waals surface area contributed by atoms with Crippen molar-refractivity contribution in [2.24, 2.45) is 0 Å². The van der Waals surface area contributed by atoms with E-state index in [9.17, 15) is 13.2 Å². The Morgan fingerprint density at radius 1 is 1.10 bits per heavy atom. The molecule has 1 aromatic heterocycles. The Kier molecular flexibility index (Phi) is 3.78. The highest BCUT2D eigenvalue weighted by Crippen LogP contribution is 2.28. The molecular weight excluding hydrogens is 269 g/mol. The van der Waals surface area contributed by atoms with Crippen LogP contribution < -0.4 is 11.1 Å². The van der Waals surface area contributed by atoms with Gasteiger partial charge in [-0.2, -0.15) is 13.2 Å². The van der Waals surface area contributed by atoms with Gasteiger partial charge in [-0.3, -0.25) is 0 Å². The van der Waals surface area contributed by atoms with Gasteiger partial charge in [-0.1, -0.05) is 18.2 Å². The molecule has 1 atom stereocenters. The zero-order chi connectivity index (χ0) is 14.8. The van der Waals surface area contributed by atoms with Crippen LogP contribution in [0, 0.1) is 0 Å². The van der Waals surface area contributed by atoms with Crippen molar-refractivity contribution in [2.45, 2.75) is 19.1 Å². The first-order valence-electron chi connectivity index (χ1n) is 5.90. The van der Waals surface area contributed by atoms with Crippen molar-refractivity contribution < 1.29 is 13.2 Å². The molecule has 7 heteroatoms. The van der Waals surface area contributed by atoms with Crippen LogP contribution in [-0.4, -0.2) is 10.2 Å². The summed E-state index contributed by atoms with van der Waals surface area (Å²) in [4.78, 5) is 0. The van der Waals surface area contributed by atoms with Crippen molar-refractivity contribution in [3.05, 3.63) is 47.7 Å². The minimum atomic E-state index is -4.49. The molecule has 0 aliphatic heterocycles. The lowest BCUT2D eigenvalue weighted by Gasteiger charge is -2.16. The van der Waals surface area contributed by atoms with Crippen molar-refractivity contribution in [1.29, 1.82) is 0 Å². The average molecular weight is 282 g/mol. The summed E-state index contributed by atoms with van der Waals surface area (Å²) in [5, 5.41) is 9.63. The highest BCUT2D eigenvalue weighted by Gasteiger charge is 2.32. The molecule has 0 fully saturated rings. The van der Waals surface area contributed by atoms with Crippen molar-refractivity contribution in [3.8, 4) is 0 Å². The molecule has 0 radical (unpaired) electrons. The van der Waals surface area contributed by atoms with E-state index in [1.54, 1.807) is 6.07 Å². The van der Waals surface area contributed by atoms with Crippen molar-refractivity contribution in [1.82, 2.24) is 10.2 Å². The second-order valence-electron chi connectivity index (χ2n) is 4.30. The van der Waals surface area contributed by atoms with Gasteiger partial charge < -0.3 is 11.1 Å². The third-order valence-electron chi connectivity index (χ3n) is 2.78. The minimum absolute atomic E-state index is 0.192. The Bertz CT molecular complexity index is 581. The second-order valence-corrected chi connectivity index (χ2v) is 4.30. The van der Waals surface area contributed by atoms with Crippen LogP contribution in [0.3, 0.4) is 0 Å². The number of anilines is 2. The lowest BCUT2D eigenvalue weighted by atomic mass is 10.1. The molecule has 0 saturated carbocycles. The minimum Gasteiger partial charge on any atom is -0.398 e. The van der Waals surface area contributed by atoms with Gasteiger partial charge in [0.2, 0.25) is 0 Å². The molecule has 1 unspecified atom stereocenters. The van der Waals surface area contributed by atoms with E-state index in [-0.39, 0.29) is 11.9 Å². The van der Waals surface area contributed by atoms with Crippen LogP contribution in [0.4, 0.5) is 24.7 Å². The molecule has 1 heterocycles. The standard InChI is InChI=1S/C13H13F3N4/c1-8(9-4-2-3-5-10(9)17)18-12-7-6-11(19-20-12)13(14,15)16/h2-8H,17H2,1H3,(H,18,20). The van der Waals surface area contributed by atoms with E-state index in [1.165, 1.54) is 6.07 Å². The molecule has 2 aromatic rings. The van der Waals surface area contributed by atoms with Crippen LogP contribution >= 0.6 is 0 Å². The first kappa shape index (κ1) is 14.1. The fourth-order valence-electron chi connectivity index (χ4n) is 1.77. The normalized spacial score (nSPS) is 13.0. The van der Waals surface area contributed by atoms with Crippen LogP contribution in [0.1, 0.15) is 24.2 Å². The third-order valence-corrected chi connectivity index (χ3v) is 2.78. The molecular formula is C13H13F3N4. The van der Waals surface area contributed by atoms with Gasteiger partial charge in [0.15, 0.2) is 5.69 Å². The molecule has 4 nitrogen and oxygen atoms in total. The second kappa shape index (κ2) is 5.36. The van der Waals surface area contributed by atoms with Gasteiger partial charge in [0.25, 0.3) is 0 Å². The summed E-state index contributed by atoms with van der Waals surface area (Å²) in [6.07, 6.45) is -4.49. The van der Waals surface area contributed by atoms with Gasteiger partial charge in [0.1, 0.15) is 5.82 Å². The number of nitrogen functional groups attached to an aromatic ring is 1. The summed E-state index contributed by atoms with van der Waals surface area (Å²) in [5.74, 6) is 0.258. The zero-order valence-corrected chi connectivity index (χ0v) is 10.6. The molecule has 106 valence electrons. The summed E-state index contributed by atoms with van der Waals surface area (Å²) >= 11 is 0. The number of benzene rings is 1. The summed E-state index contributed by atoms with van der Waals surface area (Å²) in [6.45, 7) is 1.84. The van der Waals surface area contributed by atoms with Crippen LogP contribution in [0.2, 0.25) is 0 Å². The van der Waals surface area contributed by atoms with Gasteiger partial charge in [-0.05, 0) is 30.7 Å². The predicted molar refractivity (Wildman–Crippen MR) is 69.9 cm³/mol. The zero-order valence-electron chi connectivity index (χ0n) is 10.6. The quantitative estimate of drug-likeness (QED) is 0.848. The number of aromatic nitrogens is 2. The van der Waals surface area contributed by atoms with E-state index in [2.05, 4.69) is 15.5 Å². The first-order valence-corrected chi connectivity index (χ1v) is 5.90. The number of rotatable bonds is 3. The van der Waals surface area contributed by atoms with Gasteiger partial charge >= 0.3 is 6.18 Å². The fraction of sp³-hybridized carbons (Fsp3) is 0.231. The van der Waals surface area contributed by atoms with Gasteiger partial charge in [0.05, 0.1) is 6.04 Å². The maximum absolute atomic E-state index is 12.4. The van der Waals surface area contributed by atoms with E-state index < -0.39 is 11.9 Å². The lowest BCUT2D eigenvalue weighted by Crippen LogP contribution is -2.13. The topological polar surface area (TPSA) is 63.8 Å². The number of hydrogen-bond donors (Lipinski definition) is 2. The molecule has 20 heavy (non-hydrogen) atoms. The van der Waals surface area contributed by atoms with E-state index in [0.29, 0.717) is 5.69 Å².